The van der Waals surface area contributed by atoms with E-state index in [2.05, 4.69) is 47.0 Å². The molecule has 0 radical (unpaired) electrons. The predicted octanol–water partition coefficient (Wildman–Crippen LogP) is 4.89. The molecule has 1 amide bonds. The molecule has 1 N–H and O–H groups in total. The molecule has 1 saturated carbocycles. The second-order valence-corrected chi connectivity index (χ2v) is 23.5. The van der Waals surface area contributed by atoms with Gasteiger partial charge in [-0.25, -0.2) is 0 Å². The molecule has 2 rings (SSSR count). The summed E-state index contributed by atoms with van der Waals surface area (Å²) in [5.74, 6) is 2.92. The van der Waals surface area contributed by atoms with Crippen LogP contribution in [-0.4, -0.2) is 31.4 Å². The van der Waals surface area contributed by atoms with Gasteiger partial charge in [0, 0.05) is 0 Å². The molecule has 4 heteroatoms. The third-order valence-corrected chi connectivity index (χ3v) is 11.4. The third-order valence-electron chi connectivity index (χ3n) is 5.65. The number of hydrogen-bond donors (Lipinski definition) is 1. The maximum atomic E-state index is 13.1. The molecule has 0 aromatic heterocycles. The van der Waals surface area contributed by atoms with Gasteiger partial charge in [-0.1, -0.05) is 0 Å². The van der Waals surface area contributed by atoms with E-state index in [0.29, 0.717) is 17.8 Å². The number of benzene rings is 1. The number of anilines is 1. The molecule has 1 aromatic carbocycles. The summed E-state index contributed by atoms with van der Waals surface area (Å²) in [7, 11) is 1.70. The average Bonchev–Trinajstić information content (AvgIpc) is 2.53. The summed E-state index contributed by atoms with van der Waals surface area (Å²) in [4.78, 5) is 20.3. The molecule has 1 aromatic rings. The van der Waals surface area contributed by atoms with Crippen LogP contribution in [0.1, 0.15) is 40.0 Å². The number of carbonyl (C=O) groups is 1. The average molecular weight is 452 g/mol. The van der Waals surface area contributed by atoms with Crippen LogP contribution >= 0.6 is 0 Å². The van der Waals surface area contributed by atoms with Gasteiger partial charge in [0.25, 0.3) is 0 Å². The fourth-order valence-corrected chi connectivity index (χ4v) is 8.47. The van der Waals surface area contributed by atoms with Gasteiger partial charge in [-0.3, -0.25) is 0 Å². The van der Waals surface area contributed by atoms with Crippen molar-refractivity contribution in [3.8, 4) is 5.75 Å². The number of methoxy groups -OCH3 is 1. The van der Waals surface area contributed by atoms with E-state index < -0.39 is 18.4 Å². The molecule has 25 heavy (non-hydrogen) atoms. The Morgan fingerprint density at radius 2 is 1.92 bits per heavy atom. The van der Waals surface area contributed by atoms with E-state index in [-0.39, 0.29) is 11.8 Å². The van der Waals surface area contributed by atoms with Crippen molar-refractivity contribution < 1.29 is 9.53 Å². The van der Waals surface area contributed by atoms with Crippen molar-refractivity contribution in [1.82, 2.24) is 0 Å². The first-order valence-corrected chi connectivity index (χ1v) is 19.6. The summed E-state index contributed by atoms with van der Waals surface area (Å²) in [5, 5.41) is 3.30. The van der Waals surface area contributed by atoms with Crippen LogP contribution in [0.2, 0.25) is 14.8 Å². The zero-order chi connectivity index (χ0) is 18.8. The van der Waals surface area contributed by atoms with Crippen molar-refractivity contribution in [2.24, 2.45) is 23.7 Å². The number of ether oxygens (including phenoxy) is 1. The molecule has 0 heterocycles. The fourth-order valence-electron chi connectivity index (χ4n) is 4.11. The van der Waals surface area contributed by atoms with Gasteiger partial charge < -0.3 is 0 Å². The summed E-state index contributed by atoms with van der Waals surface area (Å²) >= 11 is -2.37. The third kappa shape index (κ3) is 5.15. The van der Waals surface area contributed by atoms with E-state index in [4.69, 9.17) is 4.74 Å². The maximum absolute atomic E-state index is 13.1. The van der Waals surface area contributed by atoms with Crippen LogP contribution in [0, 0.1) is 23.7 Å². The number of hydrogen-bond acceptors (Lipinski definition) is 2. The Morgan fingerprint density at radius 3 is 2.48 bits per heavy atom. The van der Waals surface area contributed by atoms with Gasteiger partial charge in [-0.15, -0.1) is 0 Å². The van der Waals surface area contributed by atoms with Crippen molar-refractivity contribution in [3.05, 3.63) is 18.2 Å². The van der Waals surface area contributed by atoms with Gasteiger partial charge in [0.1, 0.15) is 0 Å². The van der Waals surface area contributed by atoms with Crippen LogP contribution in [0.25, 0.3) is 0 Å². The second kappa shape index (κ2) is 8.32. The molecule has 0 bridgehead atoms. The fraction of sp³-hybridized carbons (Fsp3) is 0.667. The predicted molar refractivity (Wildman–Crippen MR) is 109 cm³/mol. The Labute approximate surface area is 157 Å². The summed E-state index contributed by atoms with van der Waals surface area (Å²) < 4.78 is 6.74. The van der Waals surface area contributed by atoms with E-state index in [1.165, 1.54) is 16.4 Å². The van der Waals surface area contributed by atoms with Crippen molar-refractivity contribution >= 4 is 33.6 Å². The summed E-state index contributed by atoms with van der Waals surface area (Å²) in [6.07, 6.45) is 3.43. The molecule has 1 aliphatic carbocycles. The number of nitrogens with one attached hydrogen (secondary N) is 1. The van der Waals surface area contributed by atoms with Crippen molar-refractivity contribution in [1.29, 1.82) is 0 Å². The van der Waals surface area contributed by atoms with Crippen LogP contribution in [0.5, 0.6) is 5.75 Å². The standard InChI is InChI=1S/C18H26NO2.3CH3.Sn/c1-12(2)16-10-5-13(3)11-17(16)18(20)19-14-6-8-15(21-4)9-7-14;;;;/h6,8-9,12-13,16-17H,5,10-11H2,1-4H3,(H,19,20);3*1H3;. The van der Waals surface area contributed by atoms with Crippen LogP contribution in [-0.2, 0) is 4.79 Å². The number of rotatable bonds is 5. The summed E-state index contributed by atoms with van der Waals surface area (Å²) in [6.45, 7) is 6.79. The van der Waals surface area contributed by atoms with Crippen molar-refractivity contribution in [2.45, 2.75) is 54.9 Å². The quantitative estimate of drug-likeness (QED) is 0.647. The van der Waals surface area contributed by atoms with E-state index in [1.807, 2.05) is 12.1 Å². The van der Waals surface area contributed by atoms with Crippen LogP contribution < -0.4 is 13.6 Å². The first kappa shape index (κ1) is 20.6. The van der Waals surface area contributed by atoms with E-state index >= 15 is 0 Å². The Balaban J connectivity index is 2.27. The first-order chi connectivity index (χ1) is 11.6. The SMILES string of the molecule is COc1ccc(NC(=O)C2CC(C)CCC2C(C)C)[c]([Sn]([CH3])([CH3])[CH3])c1. The Bertz CT molecular complexity index is 606. The topological polar surface area (TPSA) is 38.3 Å². The molecule has 1 fully saturated rings. The number of amides is 1. The van der Waals surface area contributed by atoms with Gasteiger partial charge in [0.2, 0.25) is 0 Å². The number of carbonyl (C=O) groups excluding carboxylic acids is 1. The summed E-state index contributed by atoms with van der Waals surface area (Å²) in [6, 6.07) is 6.13. The minimum atomic E-state index is -2.37. The van der Waals surface area contributed by atoms with Crippen LogP contribution in [0.15, 0.2) is 18.2 Å². The van der Waals surface area contributed by atoms with Gasteiger partial charge >= 0.3 is 158 Å². The Morgan fingerprint density at radius 1 is 1.24 bits per heavy atom. The molecule has 3 nitrogen and oxygen atoms in total. The molecule has 140 valence electrons. The monoisotopic (exact) mass is 453 g/mol. The van der Waals surface area contributed by atoms with Gasteiger partial charge in [0.05, 0.1) is 0 Å². The molecule has 0 spiro atoms. The molecular formula is C21H35NO2Sn. The van der Waals surface area contributed by atoms with E-state index in [9.17, 15) is 4.79 Å². The molecule has 1 aliphatic rings. The molecular weight excluding hydrogens is 417 g/mol. The van der Waals surface area contributed by atoms with Crippen LogP contribution in [0.4, 0.5) is 5.69 Å². The van der Waals surface area contributed by atoms with Gasteiger partial charge in [-0.05, 0) is 0 Å². The first-order valence-electron chi connectivity index (χ1n) is 9.62. The van der Waals surface area contributed by atoms with Gasteiger partial charge in [-0.2, -0.15) is 0 Å². The van der Waals surface area contributed by atoms with Crippen LogP contribution in [0.3, 0.4) is 0 Å². The zero-order valence-corrected chi connectivity index (χ0v) is 19.8. The molecule has 0 aliphatic heterocycles. The van der Waals surface area contributed by atoms with E-state index in [0.717, 1.165) is 17.9 Å². The Hall–Kier alpha value is -0.711. The van der Waals surface area contributed by atoms with E-state index in [1.54, 1.807) is 7.11 Å². The minimum absolute atomic E-state index is 0.133. The molecule has 3 atom stereocenters. The van der Waals surface area contributed by atoms with Gasteiger partial charge in [0.15, 0.2) is 0 Å². The van der Waals surface area contributed by atoms with Crippen molar-refractivity contribution in [3.63, 3.8) is 0 Å². The molecule has 3 unspecified atom stereocenters. The normalized spacial score (nSPS) is 24.2. The van der Waals surface area contributed by atoms with Crippen molar-refractivity contribution in [2.75, 3.05) is 12.4 Å². The Kier molecular flexibility index (Phi) is 6.86. The second-order valence-electron chi connectivity index (χ2n) is 9.08. The molecule has 0 saturated heterocycles. The zero-order valence-electron chi connectivity index (χ0n) is 17.0. The summed E-state index contributed by atoms with van der Waals surface area (Å²) in [5.41, 5.74) is 1.01.